The lowest BCUT2D eigenvalue weighted by Gasteiger charge is -2.08. The molecule has 0 aliphatic carbocycles. The van der Waals surface area contributed by atoms with Crippen LogP contribution in [-0.4, -0.2) is 4.57 Å². The molecule has 3 aromatic carbocycles. The zero-order valence-corrected chi connectivity index (χ0v) is 16.1. The van der Waals surface area contributed by atoms with Gasteiger partial charge in [-0.3, -0.25) is 0 Å². The minimum atomic E-state index is 0.654. The number of fused-ring (bicyclic) bond motifs is 1. The summed E-state index contributed by atoms with van der Waals surface area (Å²) in [5, 5.41) is 12.0. The molecular weight excluding hydrogens is 431 g/mol. The van der Waals surface area contributed by atoms with Crippen molar-refractivity contribution in [1.82, 2.24) is 4.57 Å². The maximum Gasteiger partial charge on any atom is 0.0998 e. The van der Waals surface area contributed by atoms with Crippen LogP contribution in [0, 0.1) is 14.9 Å². The van der Waals surface area contributed by atoms with E-state index in [-0.39, 0.29) is 0 Å². The van der Waals surface area contributed by atoms with Gasteiger partial charge in [0.25, 0.3) is 0 Å². The van der Waals surface area contributed by atoms with Gasteiger partial charge in [-0.1, -0.05) is 36.4 Å². The van der Waals surface area contributed by atoms with E-state index in [1.807, 2.05) is 42.6 Å². The number of hydrogen-bond acceptors (Lipinski definition) is 1. The fourth-order valence-corrected chi connectivity index (χ4v) is 3.39. The van der Waals surface area contributed by atoms with E-state index in [0.717, 1.165) is 22.3 Å². The van der Waals surface area contributed by atoms with Crippen LogP contribution in [0.5, 0.6) is 0 Å². The summed E-state index contributed by atoms with van der Waals surface area (Å²) in [4.78, 5) is 0. The Balaban J connectivity index is 1.77. The molecule has 0 amide bonds. The third-order valence-corrected chi connectivity index (χ3v) is 5.08. The van der Waals surface area contributed by atoms with Gasteiger partial charge in [-0.05, 0) is 87.5 Å². The highest BCUT2D eigenvalue weighted by atomic mass is 127. The third-order valence-electron chi connectivity index (χ3n) is 4.36. The van der Waals surface area contributed by atoms with E-state index < -0.39 is 0 Å². The molecule has 2 nitrogen and oxygen atoms in total. The van der Waals surface area contributed by atoms with E-state index in [1.165, 1.54) is 8.96 Å². The minimum Gasteiger partial charge on any atom is -0.317 e. The minimum absolute atomic E-state index is 0.654. The van der Waals surface area contributed by atoms with Crippen LogP contribution in [0.3, 0.4) is 0 Å². The first-order valence-electron chi connectivity index (χ1n) is 8.29. The molecule has 0 bridgehead atoms. The van der Waals surface area contributed by atoms with Gasteiger partial charge in [-0.15, -0.1) is 0 Å². The number of halogens is 1. The van der Waals surface area contributed by atoms with Gasteiger partial charge in [-0.2, -0.15) is 5.26 Å². The van der Waals surface area contributed by atoms with Crippen LogP contribution in [0.15, 0.2) is 85.1 Å². The molecule has 0 unspecified atom stereocenters. The van der Waals surface area contributed by atoms with E-state index in [0.29, 0.717) is 5.57 Å². The number of hydrogen-bond donors (Lipinski definition) is 0. The van der Waals surface area contributed by atoms with Crippen molar-refractivity contribution in [2.24, 2.45) is 0 Å². The number of allylic oxidation sites excluding steroid dienone is 1. The normalized spacial score (nSPS) is 11.5. The average molecular weight is 446 g/mol. The molecule has 1 heterocycles. The summed E-state index contributed by atoms with van der Waals surface area (Å²) in [5.41, 5.74) is 3.65. The van der Waals surface area contributed by atoms with Crippen LogP contribution in [0.1, 0.15) is 11.3 Å². The molecule has 0 atom stereocenters. The number of aromatic nitrogens is 1. The smallest absolute Gasteiger partial charge is 0.0998 e. The lowest BCUT2D eigenvalue weighted by Crippen LogP contribution is -1.95. The molecule has 3 heteroatoms. The Labute approximate surface area is 166 Å². The predicted octanol–water partition coefficient (Wildman–Crippen LogP) is 6.30. The number of rotatable bonds is 3. The Bertz CT molecular complexity index is 1140. The molecule has 0 radical (unpaired) electrons. The van der Waals surface area contributed by atoms with Gasteiger partial charge in [0, 0.05) is 21.1 Å². The summed E-state index contributed by atoms with van der Waals surface area (Å²) in [6.07, 6.45) is 3.96. The Morgan fingerprint density at radius 2 is 1.65 bits per heavy atom. The monoisotopic (exact) mass is 446 g/mol. The Hall–Kier alpha value is -2.84. The van der Waals surface area contributed by atoms with Crippen molar-refractivity contribution in [3.8, 4) is 11.8 Å². The molecule has 0 saturated heterocycles. The van der Waals surface area contributed by atoms with Gasteiger partial charge in [0.05, 0.1) is 11.6 Å². The summed E-state index contributed by atoms with van der Waals surface area (Å²) in [7, 11) is 0. The second-order valence-corrected chi connectivity index (χ2v) is 7.26. The van der Waals surface area contributed by atoms with Crippen molar-refractivity contribution in [3.63, 3.8) is 0 Å². The second kappa shape index (κ2) is 7.19. The maximum absolute atomic E-state index is 9.72. The summed E-state index contributed by atoms with van der Waals surface area (Å²) < 4.78 is 3.29. The van der Waals surface area contributed by atoms with E-state index >= 15 is 0 Å². The molecule has 4 aromatic rings. The second-order valence-electron chi connectivity index (χ2n) is 6.01. The fraction of sp³-hybridized carbons (Fsp3) is 0. The highest BCUT2D eigenvalue weighted by Gasteiger charge is 2.06. The van der Waals surface area contributed by atoms with Crippen LogP contribution in [0.25, 0.3) is 28.1 Å². The van der Waals surface area contributed by atoms with E-state index in [1.54, 1.807) is 0 Å². The quantitative estimate of drug-likeness (QED) is 0.268. The van der Waals surface area contributed by atoms with Crippen LogP contribution < -0.4 is 0 Å². The molecule has 26 heavy (non-hydrogen) atoms. The lowest BCUT2D eigenvalue weighted by molar-refractivity contribution is 1.06. The van der Waals surface area contributed by atoms with Gasteiger partial charge < -0.3 is 4.57 Å². The van der Waals surface area contributed by atoms with Crippen LogP contribution >= 0.6 is 22.6 Å². The van der Waals surface area contributed by atoms with Gasteiger partial charge in [0.1, 0.15) is 0 Å². The average Bonchev–Trinajstić information content (AvgIpc) is 3.14. The molecule has 0 N–H and O–H groups in total. The van der Waals surface area contributed by atoms with Gasteiger partial charge in [0.2, 0.25) is 0 Å². The Morgan fingerprint density at radius 1 is 0.885 bits per heavy atom. The van der Waals surface area contributed by atoms with Crippen LogP contribution in [0.2, 0.25) is 0 Å². The summed E-state index contributed by atoms with van der Waals surface area (Å²) in [6, 6.07) is 29.0. The molecule has 4 rings (SSSR count). The first-order chi connectivity index (χ1) is 12.7. The summed E-state index contributed by atoms with van der Waals surface area (Å²) >= 11 is 2.30. The standard InChI is InChI=1S/C23H15IN2/c24-21-9-11-22(12-10-21)26-13-3-6-23(26)15-20(16-25)19-8-7-17-4-1-2-5-18(17)14-19/h1-15H. The van der Waals surface area contributed by atoms with Crippen molar-refractivity contribution in [2.45, 2.75) is 0 Å². The molecule has 0 aliphatic rings. The number of nitriles is 1. The Kier molecular flexibility index (Phi) is 4.59. The SMILES string of the molecule is N#CC(=Cc1cccn1-c1ccc(I)cc1)c1ccc2ccccc2c1. The van der Waals surface area contributed by atoms with Gasteiger partial charge in [0.15, 0.2) is 0 Å². The zero-order chi connectivity index (χ0) is 17.9. The van der Waals surface area contributed by atoms with Gasteiger partial charge in [-0.25, -0.2) is 0 Å². The van der Waals surface area contributed by atoms with Crippen molar-refractivity contribution in [3.05, 3.63) is 99.9 Å². The highest BCUT2D eigenvalue weighted by molar-refractivity contribution is 14.1. The van der Waals surface area contributed by atoms with Crippen LogP contribution in [-0.2, 0) is 0 Å². The first-order valence-corrected chi connectivity index (χ1v) is 9.37. The fourth-order valence-electron chi connectivity index (χ4n) is 3.03. The van der Waals surface area contributed by atoms with Crippen molar-refractivity contribution >= 4 is 45.0 Å². The summed E-state index contributed by atoms with van der Waals surface area (Å²) in [5.74, 6) is 0. The summed E-state index contributed by atoms with van der Waals surface area (Å²) in [6.45, 7) is 0. The van der Waals surface area contributed by atoms with E-state index in [9.17, 15) is 5.26 Å². The largest absolute Gasteiger partial charge is 0.317 e. The topological polar surface area (TPSA) is 28.7 Å². The molecule has 0 spiro atoms. The third kappa shape index (κ3) is 3.29. The predicted molar refractivity (Wildman–Crippen MR) is 116 cm³/mol. The van der Waals surface area contributed by atoms with Crippen molar-refractivity contribution in [1.29, 1.82) is 5.26 Å². The Morgan fingerprint density at radius 3 is 2.42 bits per heavy atom. The molecular formula is C23H15IN2. The molecule has 124 valence electrons. The lowest BCUT2D eigenvalue weighted by atomic mass is 10.0. The van der Waals surface area contributed by atoms with Crippen molar-refractivity contribution < 1.29 is 0 Å². The highest BCUT2D eigenvalue weighted by Crippen LogP contribution is 2.24. The molecule has 0 saturated carbocycles. The van der Waals surface area contributed by atoms with E-state index in [4.69, 9.17) is 0 Å². The zero-order valence-electron chi connectivity index (χ0n) is 13.9. The maximum atomic E-state index is 9.72. The first kappa shape index (κ1) is 16.6. The van der Waals surface area contributed by atoms with E-state index in [2.05, 4.69) is 81.8 Å². The van der Waals surface area contributed by atoms with Gasteiger partial charge >= 0.3 is 0 Å². The van der Waals surface area contributed by atoms with Crippen molar-refractivity contribution in [2.75, 3.05) is 0 Å². The molecule has 0 fully saturated rings. The van der Waals surface area contributed by atoms with Crippen LogP contribution in [0.4, 0.5) is 0 Å². The molecule has 0 aliphatic heterocycles. The number of benzene rings is 3. The number of nitrogens with zero attached hydrogens (tertiary/aromatic N) is 2. The molecule has 1 aromatic heterocycles.